The van der Waals surface area contributed by atoms with Gasteiger partial charge >= 0.3 is 5.97 Å². The molecule has 1 aromatic carbocycles. The zero-order chi connectivity index (χ0) is 14.7. The number of hydrogen-bond donors (Lipinski definition) is 2. The Hall–Kier alpha value is -2.43. The van der Waals surface area contributed by atoms with Crippen LogP contribution in [0.4, 0.5) is 5.82 Å². The number of fused-ring (bicyclic) bond motifs is 1. The van der Waals surface area contributed by atoms with Crippen molar-refractivity contribution in [2.24, 2.45) is 5.92 Å². The molecule has 1 heterocycles. The van der Waals surface area contributed by atoms with Gasteiger partial charge in [-0.05, 0) is 37.3 Å². The van der Waals surface area contributed by atoms with E-state index in [1.807, 2.05) is 18.2 Å². The number of aromatic nitrogens is 2. The minimum Gasteiger partial charge on any atom is -0.475 e. The van der Waals surface area contributed by atoms with Gasteiger partial charge in [0.25, 0.3) is 0 Å². The summed E-state index contributed by atoms with van der Waals surface area (Å²) in [6.45, 7) is 0.796. The monoisotopic (exact) mass is 283 g/mol. The van der Waals surface area contributed by atoms with Crippen molar-refractivity contribution in [3.8, 4) is 0 Å². The molecule has 0 amide bonds. The number of rotatable bonds is 4. The highest BCUT2D eigenvalue weighted by Crippen LogP contribution is 2.23. The van der Waals surface area contributed by atoms with E-state index in [0.717, 1.165) is 31.2 Å². The molecule has 2 aromatic rings. The van der Waals surface area contributed by atoms with E-state index in [2.05, 4.69) is 27.4 Å². The minimum atomic E-state index is -1.11. The predicted octanol–water partition coefficient (Wildman–Crippen LogP) is 3.10. The maximum absolute atomic E-state index is 11.1. The molecule has 0 saturated carbocycles. The second-order valence-corrected chi connectivity index (χ2v) is 5.25. The van der Waals surface area contributed by atoms with Crippen molar-refractivity contribution < 1.29 is 9.90 Å². The van der Waals surface area contributed by atoms with Crippen LogP contribution in [-0.2, 0) is 0 Å². The van der Waals surface area contributed by atoms with Crippen LogP contribution in [0.2, 0.25) is 0 Å². The van der Waals surface area contributed by atoms with Crippen LogP contribution in [0.5, 0.6) is 0 Å². The molecule has 0 fully saturated rings. The molecular weight excluding hydrogens is 266 g/mol. The average Bonchev–Trinajstić information content (AvgIpc) is 2.53. The van der Waals surface area contributed by atoms with Gasteiger partial charge in [-0.2, -0.15) is 0 Å². The van der Waals surface area contributed by atoms with Crippen LogP contribution in [0, 0.1) is 5.92 Å². The standard InChI is InChI=1S/C16H17N3O2/c20-16(21)15-18-13-9-5-4-8-12(13)14(19-15)17-10-11-6-2-1-3-7-11/h1-2,4-5,8-9,11H,3,6-7,10H2,(H,20,21)(H,17,18,19). The van der Waals surface area contributed by atoms with Gasteiger partial charge in [-0.1, -0.05) is 24.3 Å². The highest BCUT2D eigenvalue weighted by Gasteiger charge is 2.14. The first-order valence-corrected chi connectivity index (χ1v) is 7.13. The minimum absolute atomic E-state index is 0.167. The lowest BCUT2D eigenvalue weighted by atomic mass is 9.94. The van der Waals surface area contributed by atoms with E-state index >= 15 is 0 Å². The maximum atomic E-state index is 11.1. The van der Waals surface area contributed by atoms with Crippen LogP contribution in [0.3, 0.4) is 0 Å². The second kappa shape index (κ2) is 5.91. The van der Waals surface area contributed by atoms with Gasteiger partial charge in [0.15, 0.2) is 0 Å². The summed E-state index contributed by atoms with van der Waals surface area (Å²) in [5.74, 6) is -0.103. The van der Waals surface area contributed by atoms with E-state index in [9.17, 15) is 4.79 Å². The number of para-hydroxylation sites is 1. The summed E-state index contributed by atoms with van der Waals surface area (Å²) in [6, 6.07) is 7.46. The number of carboxylic acids is 1. The Kier molecular flexibility index (Phi) is 3.81. The van der Waals surface area contributed by atoms with E-state index in [-0.39, 0.29) is 5.82 Å². The van der Waals surface area contributed by atoms with Gasteiger partial charge in [0, 0.05) is 11.9 Å². The van der Waals surface area contributed by atoms with Crippen LogP contribution < -0.4 is 5.32 Å². The summed E-state index contributed by atoms with van der Waals surface area (Å²) in [7, 11) is 0. The predicted molar refractivity (Wildman–Crippen MR) is 81.5 cm³/mol. The van der Waals surface area contributed by atoms with E-state index in [1.165, 1.54) is 0 Å². The first-order chi connectivity index (χ1) is 10.2. The Morgan fingerprint density at radius 1 is 1.29 bits per heavy atom. The first kappa shape index (κ1) is 13.5. The molecule has 3 rings (SSSR count). The smallest absolute Gasteiger partial charge is 0.374 e. The van der Waals surface area contributed by atoms with Gasteiger partial charge in [0.05, 0.1) is 5.52 Å². The average molecular weight is 283 g/mol. The number of aromatic carboxylic acids is 1. The number of nitrogens with zero attached hydrogens (tertiary/aromatic N) is 2. The summed E-state index contributed by atoms with van der Waals surface area (Å²) in [5, 5.41) is 13.3. The number of nitrogens with one attached hydrogen (secondary N) is 1. The number of carboxylic acid groups (broad SMARTS) is 1. The van der Waals surface area contributed by atoms with Gasteiger partial charge in [-0.25, -0.2) is 14.8 Å². The van der Waals surface area contributed by atoms with Gasteiger partial charge in [-0.15, -0.1) is 0 Å². The van der Waals surface area contributed by atoms with Crippen molar-refractivity contribution in [2.75, 3.05) is 11.9 Å². The lowest BCUT2D eigenvalue weighted by Crippen LogP contribution is -2.17. The van der Waals surface area contributed by atoms with Crippen molar-refractivity contribution >= 4 is 22.7 Å². The summed E-state index contributed by atoms with van der Waals surface area (Å²) in [6.07, 6.45) is 7.73. The molecule has 21 heavy (non-hydrogen) atoms. The van der Waals surface area contributed by atoms with E-state index in [4.69, 9.17) is 5.11 Å². The second-order valence-electron chi connectivity index (χ2n) is 5.25. The van der Waals surface area contributed by atoms with Gasteiger partial charge < -0.3 is 10.4 Å². The number of carbonyl (C=O) groups is 1. The molecule has 5 heteroatoms. The fourth-order valence-electron chi connectivity index (χ4n) is 2.59. The number of allylic oxidation sites excluding steroid dienone is 2. The first-order valence-electron chi connectivity index (χ1n) is 7.13. The van der Waals surface area contributed by atoms with E-state index in [0.29, 0.717) is 17.3 Å². The molecule has 0 aliphatic heterocycles. The molecule has 1 aromatic heterocycles. The Labute approximate surface area is 122 Å². The molecular formula is C16H17N3O2. The highest BCUT2D eigenvalue weighted by atomic mass is 16.4. The molecule has 0 radical (unpaired) electrons. The van der Waals surface area contributed by atoms with Crippen LogP contribution >= 0.6 is 0 Å². The quantitative estimate of drug-likeness (QED) is 0.843. The zero-order valence-corrected chi connectivity index (χ0v) is 11.6. The molecule has 0 bridgehead atoms. The molecule has 1 atom stereocenters. The van der Waals surface area contributed by atoms with Crippen molar-refractivity contribution in [3.63, 3.8) is 0 Å². The number of benzene rings is 1. The molecule has 1 unspecified atom stereocenters. The van der Waals surface area contributed by atoms with Crippen molar-refractivity contribution in [3.05, 3.63) is 42.2 Å². The topological polar surface area (TPSA) is 75.1 Å². The lowest BCUT2D eigenvalue weighted by Gasteiger charge is -2.19. The largest absolute Gasteiger partial charge is 0.475 e. The number of hydrogen-bond acceptors (Lipinski definition) is 4. The number of anilines is 1. The lowest BCUT2D eigenvalue weighted by molar-refractivity contribution is 0.0684. The Balaban J connectivity index is 1.88. The molecule has 5 nitrogen and oxygen atoms in total. The van der Waals surface area contributed by atoms with Crippen LogP contribution in [0.25, 0.3) is 10.9 Å². The molecule has 1 aliphatic carbocycles. The van der Waals surface area contributed by atoms with Gasteiger partial charge in [0.2, 0.25) is 5.82 Å². The van der Waals surface area contributed by atoms with Crippen LogP contribution in [-0.4, -0.2) is 27.6 Å². The fraction of sp³-hybridized carbons (Fsp3) is 0.312. The summed E-state index contributed by atoms with van der Waals surface area (Å²) >= 11 is 0. The zero-order valence-electron chi connectivity index (χ0n) is 11.6. The fourth-order valence-corrected chi connectivity index (χ4v) is 2.59. The van der Waals surface area contributed by atoms with Crippen molar-refractivity contribution in [2.45, 2.75) is 19.3 Å². The van der Waals surface area contributed by atoms with E-state index < -0.39 is 5.97 Å². The molecule has 0 saturated heterocycles. The third-order valence-electron chi connectivity index (χ3n) is 3.73. The molecule has 108 valence electrons. The van der Waals surface area contributed by atoms with Crippen LogP contribution in [0.1, 0.15) is 29.9 Å². The maximum Gasteiger partial charge on any atom is 0.374 e. The van der Waals surface area contributed by atoms with Crippen molar-refractivity contribution in [1.29, 1.82) is 0 Å². The Morgan fingerprint density at radius 3 is 2.90 bits per heavy atom. The van der Waals surface area contributed by atoms with Gasteiger partial charge in [-0.3, -0.25) is 0 Å². The third kappa shape index (κ3) is 3.02. The SMILES string of the molecule is O=C(O)c1nc(NCC2CC=CCC2)c2ccccc2n1. The summed E-state index contributed by atoms with van der Waals surface area (Å²) in [5.41, 5.74) is 0.649. The van der Waals surface area contributed by atoms with Crippen molar-refractivity contribution in [1.82, 2.24) is 9.97 Å². The summed E-state index contributed by atoms with van der Waals surface area (Å²) in [4.78, 5) is 19.4. The Bertz CT molecular complexity index is 697. The summed E-state index contributed by atoms with van der Waals surface area (Å²) < 4.78 is 0. The Morgan fingerprint density at radius 2 is 2.14 bits per heavy atom. The molecule has 2 N–H and O–H groups in total. The van der Waals surface area contributed by atoms with Gasteiger partial charge in [0.1, 0.15) is 5.82 Å². The molecule has 1 aliphatic rings. The highest BCUT2D eigenvalue weighted by molar-refractivity contribution is 5.93. The normalized spacial score (nSPS) is 17.8. The third-order valence-corrected chi connectivity index (χ3v) is 3.73. The van der Waals surface area contributed by atoms with Crippen LogP contribution in [0.15, 0.2) is 36.4 Å². The molecule has 0 spiro atoms. The van der Waals surface area contributed by atoms with E-state index in [1.54, 1.807) is 6.07 Å².